The van der Waals surface area contributed by atoms with Crippen molar-refractivity contribution >= 4 is 5.78 Å². The Hall–Kier alpha value is -1.56. The van der Waals surface area contributed by atoms with Gasteiger partial charge in [-0.25, -0.2) is 0 Å². The molecule has 0 aromatic heterocycles. The molecule has 0 unspecified atom stereocenters. The largest absolute Gasteiger partial charge is 0.573 e. The van der Waals surface area contributed by atoms with Gasteiger partial charge in [-0.15, -0.1) is 13.2 Å². The smallest absolute Gasteiger partial charge is 0.406 e. The van der Waals surface area contributed by atoms with Crippen molar-refractivity contribution in [3.8, 4) is 5.75 Å². The summed E-state index contributed by atoms with van der Waals surface area (Å²) in [5, 5.41) is 0. The number of halogens is 3. The number of carbonyl (C=O) groups is 1. The van der Waals surface area contributed by atoms with Crippen LogP contribution in [0.15, 0.2) is 24.3 Å². The summed E-state index contributed by atoms with van der Waals surface area (Å²) in [5.41, 5.74) is 0.613. The zero-order chi connectivity index (χ0) is 12.9. The maximum atomic E-state index is 11.9. The van der Waals surface area contributed by atoms with Gasteiger partial charge in [-0.3, -0.25) is 4.79 Å². The first-order chi connectivity index (χ1) is 7.90. The molecule has 1 rings (SSSR count). The summed E-state index contributed by atoms with van der Waals surface area (Å²) >= 11 is 0. The van der Waals surface area contributed by atoms with Crippen LogP contribution in [-0.4, -0.2) is 25.9 Å². The zero-order valence-electron chi connectivity index (χ0n) is 9.08. The van der Waals surface area contributed by atoms with Gasteiger partial charge >= 0.3 is 6.36 Å². The molecule has 0 radical (unpaired) electrons. The van der Waals surface area contributed by atoms with Crippen LogP contribution >= 0.6 is 0 Å². The Bertz CT molecular complexity index is 371. The first-order valence-corrected chi connectivity index (χ1v) is 4.76. The molecule has 0 fully saturated rings. The first kappa shape index (κ1) is 13.5. The molecular formula is C11H11F3O3. The van der Waals surface area contributed by atoms with Gasteiger partial charge in [-0.2, -0.15) is 0 Å². The van der Waals surface area contributed by atoms with Gasteiger partial charge in [0.05, 0.1) is 0 Å². The highest BCUT2D eigenvalue weighted by Gasteiger charge is 2.30. The van der Waals surface area contributed by atoms with Gasteiger partial charge in [0, 0.05) is 13.5 Å². The highest BCUT2D eigenvalue weighted by Crippen LogP contribution is 2.22. The van der Waals surface area contributed by atoms with E-state index in [1.165, 1.54) is 31.4 Å². The molecule has 0 N–H and O–H groups in total. The normalized spacial score (nSPS) is 11.3. The Kier molecular flexibility index (Phi) is 4.51. The topological polar surface area (TPSA) is 35.5 Å². The van der Waals surface area contributed by atoms with Gasteiger partial charge in [0.25, 0.3) is 0 Å². The number of benzene rings is 1. The predicted molar refractivity (Wildman–Crippen MR) is 53.7 cm³/mol. The lowest BCUT2D eigenvalue weighted by atomic mass is 10.1. The fourth-order valence-electron chi connectivity index (χ4n) is 1.25. The third kappa shape index (κ3) is 5.35. The minimum Gasteiger partial charge on any atom is -0.406 e. The molecule has 0 aliphatic carbocycles. The zero-order valence-corrected chi connectivity index (χ0v) is 9.08. The summed E-state index contributed by atoms with van der Waals surface area (Å²) < 4.78 is 43.9. The summed E-state index contributed by atoms with van der Waals surface area (Å²) in [5.74, 6) is -0.447. The van der Waals surface area contributed by atoms with Crippen LogP contribution in [0, 0.1) is 0 Å². The van der Waals surface area contributed by atoms with E-state index in [0.29, 0.717) is 5.56 Å². The summed E-state index contributed by atoms with van der Waals surface area (Å²) in [7, 11) is 1.40. The van der Waals surface area contributed by atoms with Gasteiger partial charge in [-0.05, 0) is 17.7 Å². The highest BCUT2D eigenvalue weighted by molar-refractivity contribution is 5.82. The van der Waals surface area contributed by atoms with Crippen LogP contribution in [-0.2, 0) is 16.0 Å². The number of hydrogen-bond donors (Lipinski definition) is 0. The minimum atomic E-state index is -4.70. The number of Topliss-reactive ketones (excluding diaryl/α,β-unsaturated/α-hetero) is 1. The van der Waals surface area contributed by atoms with Crippen molar-refractivity contribution in [2.24, 2.45) is 0 Å². The number of ether oxygens (including phenoxy) is 2. The molecule has 1 aromatic rings. The third-order valence-electron chi connectivity index (χ3n) is 1.86. The van der Waals surface area contributed by atoms with Crippen LogP contribution in [0.5, 0.6) is 5.75 Å². The number of alkyl halides is 3. The molecule has 94 valence electrons. The second-order valence-corrected chi connectivity index (χ2v) is 3.34. The SMILES string of the molecule is COCC(=O)Cc1ccc(OC(F)(F)F)cc1. The lowest BCUT2D eigenvalue weighted by Gasteiger charge is -2.09. The lowest BCUT2D eigenvalue weighted by molar-refractivity contribution is -0.274. The van der Waals surface area contributed by atoms with E-state index in [4.69, 9.17) is 0 Å². The number of rotatable bonds is 5. The van der Waals surface area contributed by atoms with Gasteiger partial charge in [-0.1, -0.05) is 12.1 Å². The summed E-state index contributed by atoms with van der Waals surface area (Å²) in [6.45, 7) is -0.0131. The predicted octanol–water partition coefficient (Wildman–Crippen LogP) is 2.34. The molecular weight excluding hydrogens is 237 g/mol. The Morgan fingerprint density at radius 1 is 1.24 bits per heavy atom. The average Bonchev–Trinajstić information content (AvgIpc) is 2.19. The summed E-state index contributed by atoms with van der Waals surface area (Å²) in [6.07, 6.45) is -4.58. The fraction of sp³-hybridized carbons (Fsp3) is 0.364. The number of ketones is 1. The number of carbonyl (C=O) groups excluding carboxylic acids is 1. The molecule has 0 aliphatic heterocycles. The number of methoxy groups -OCH3 is 1. The van der Waals surface area contributed by atoms with Crippen LogP contribution in [0.2, 0.25) is 0 Å². The molecule has 0 amide bonds. The maximum Gasteiger partial charge on any atom is 0.573 e. The molecule has 17 heavy (non-hydrogen) atoms. The standard InChI is InChI=1S/C11H11F3O3/c1-16-7-9(15)6-8-2-4-10(5-3-8)17-11(12,13)14/h2-5H,6-7H2,1H3. The molecule has 0 atom stereocenters. The second-order valence-electron chi connectivity index (χ2n) is 3.34. The molecule has 0 bridgehead atoms. The third-order valence-corrected chi connectivity index (χ3v) is 1.86. The van der Waals surface area contributed by atoms with Crippen LogP contribution < -0.4 is 4.74 Å². The van der Waals surface area contributed by atoms with Crippen LogP contribution in [0.25, 0.3) is 0 Å². The van der Waals surface area contributed by atoms with Crippen molar-refractivity contribution in [1.29, 1.82) is 0 Å². The molecule has 0 heterocycles. The molecule has 0 saturated heterocycles. The Balaban J connectivity index is 2.59. The van der Waals surface area contributed by atoms with E-state index in [1.807, 2.05) is 0 Å². The van der Waals surface area contributed by atoms with E-state index in [9.17, 15) is 18.0 Å². The minimum absolute atomic E-state index is 0.0131. The van der Waals surface area contributed by atoms with Crippen molar-refractivity contribution in [2.75, 3.05) is 13.7 Å². The number of hydrogen-bond acceptors (Lipinski definition) is 3. The summed E-state index contributed by atoms with van der Waals surface area (Å²) in [4.78, 5) is 11.2. The molecule has 1 aromatic carbocycles. The Morgan fingerprint density at radius 2 is 1.82 bits per heavy atom. The van der Waals surface area contributed by atoms with E-state index in [0.717, 1.165) is 0 Å². The Morgan fingerprint density at radius 3 is 2.29 bits per heavy atom. The monoisotopic (exact) mass is 248 g/mol. The second kappa shape index (κ2) is 5.67. The van der Waals surface area contributed by atoms with E-state index in [-0.39, 0.29) is 24.6 Å². The van der Waals surface area contributed by atoms with Gasteiger partial charge in [0.1, 0.15) is 12.4 Å². The molecule has 3 nitrogen and oxygen atoms in total. The first-order valence-electron chi connectivity index (χ1n) is 4.76. The van der Waals surface area contributed by atoms with Crippen LogP contribution in [0.4, 0.5) is 13.2 Å². The van der Waals surface area contributed by atoms with Crippen molar-refractivity contribution < 1.29 is 27.4 Å². The van der Waals surface area contributed by atoms with Crippen molar-refractivity contribution in [2.45, 2.75) is 12.8 Å². The lowest BCUT2D eigenvalue weighted by Crippen LogP contribution is -2.17. The van der Waals surface area contributed by atoms with Gasteiger partial charge < -0.3 is 9.47 Å². The molecule has 6 heteroatoms. The van der Waals surface area contributed by atoms with Crippen molar-refractivity contribution in [3.05, 3.63) is 29.8 Å². The van der Waals surface area contributed by atoms with Crippen molar-refractivity contribution in [1.82, 2.24) is 0 Å². The molecule has 0 saturated carbocycles. The maximum absolute atomic E-state index is 11.9. The van der Waals surface area contributed by atoms with Crippen molar-refractivity contribution in [3.63, 3.8) is 0 Å². The molecule has 0 spiro atoms. The average molecular weight is 248 g/mol. The van der Waals surface area contributed by atoms with Crippen LogP contribution in [0.3, 0.4) is 0 Å². The quantitative estimate of drug-likeness (QED) is 0.802. The Labute approximate surface area is 96.1 Å². The molecule has 0 aliphatic rings. The van der Waals surface area contributed by atoms with Crippen LogP contribution in [0.1, 0.15) is 5.56 Å². The summed E-state index contributed by atoms with van der Waals surface area (Å²) in [6, 6.07) is 5.16. The van der Waals surface area contributed by atoms with E-state index < -0.39 is 6.36 Å². The highest BCUT2D eigenvalue weighted by atomic mass is 19.4. The fourth-order valence-corrected chi connectivity index (χ4v) is 1.25. The van der Waals surface area contributed by atoms with Gasteiger partial charge in [0.2, 0.25) is 0 Å². The van der Waals surface area contributed by atoms with E-state index >= 15 is 0 Å². The van der Waals surface area contributed by atoms with E-state index in [2.05, 4.69) is 9.47 Å². The van der Waals surface area contributed by atoms with Gasteiger partial charge in [0.15, 0.2) is 5.78 Å². The van der Waals surface area contributed by atoms with E-state index in [1.54, 1.807) is 0 Å².